The van der Waals surface area contributed by atoms with Gasteiger partial charge in [0.25, 0.3) is 0 Å². The number of amides is 2. The summed E-state index contributed by atoms with van der Waals surface area (Å²) in [5, 5.41) is 2.53. The zero-order valence-electron chi connectivity index (χ0n) is 13.1. The van der Waals surface area contributed by atoms with Gasteiger partial charge in [0.05, 0.1) is 7.11 Å². The van der Waals surface area contributed by atoms with Crippen molar-refractivity contribution >= 4 is 18.0 Å². The fraction of sp³-hybridized carbons (Fsp3) is 0.786. The molecule has 1 aliphatic rings. The minimum absolute atomic E-state index is 0.132. The molecule has 21 heavy (non-hydrogen) atoms. The van der Waals surface area contributed by atoms with Crippen LogP contribution >= 0.6 is 0 Å². The van der Waals surface area contributed by atoms with Crippen LogP contribution in [0.3, 0.4) is 0 Å². The normalized spacial score (nSPS) is 18.3. The molecule has 1 aliphatic heterocycles. The van der Waals surface area contributed by atoms with Crippen LogP contribution in [0.4, 0.5) is 4.79 Å². The molecular weight excluding hydrogens is 276 g/mol. The Kier molecular flexibility index (Phi) is 5.99. The zero-order valence-corrected chi connectivity index (χ0v) is 13.1. The second-order valence-electron chi connectivity index (χ2n) is 5.95. The second-order valence-corrected chi connectivity index (χ2v) is 5.95. The molecule has 0 radical (unpaired) electrons. The van der Waals surface area contributed by atoms with Crippen molar-refractivity contribution in [2.24, 2.45) is 0 Å². The number of hydrogen-bond donors (Lipinski definition) is 1. The van der Waals surface area contributed by atoms with E-state index in [4.69, 9.17) is 4.74 Å². The van der Waals surface area contributed by atoms with E-state index in [9.17, 15) is 14.4 Å². The number of carbonyl (C=O) groups excluding carboxylic acids is 3. The highest BCUT2D eigenvalue weighted by Crippen LogP contribution is 2.19. The summed E-state index contributed by atoms with van der Waals surface area (Å²) in [6.07, 6.45) is 0.983. The number of nitrogens with zero attached hydrogens (tertiary/aromatic N) is 1. The summed E-state index contributed by atoms with van der Waals surface area (Å²) in [5.41, 5.74) is -0.570. The average Bonchev–Trinajstić information content (AvgIpc) is 2.84. The van der Waals surface area contributed by atoms with E-state index in [2.05, 4.69) is 10.1 Å². The summed E-state index contributed by atoms with van der Waals surface area (Å²) in [6.45, 7) is 6.03. The van der Waals surface area contributed by atoms with Gasteiger partial charge in [-0.25, -0.2) is 9.59 Å². The lowest BCUT2D eigenvalue weighted by molar-refractivity contribution is -0.150. The molecule has 0 saturated carbocycles. The van der Waals surface area contributed by atoms with Gasteiger partial charge in [-0.2, -0.15) is 0 Å². The molecule has 2 amide bonds. The fourth-order valence-corrected chi connectivity index (χ4v) is 2.18. The maximum Gasteiger partial charge on any atom is 0.407 e. The summed E-state index contributed by atoms with van der Waals surface area (Å²) < 4.78 is 9.76. The molecule has 1 fully saturated rings. The molecular formula is C14H24N2O5. The summed E-state index contributed by atoms with van der Waals surface area (Å²) >= 11 is 0. The molecule has 1 N–H and O–H groups in total. The first-order chi connectivity index (χ1) is 9.74. The van der Waals surface area contributed by atoms with Crippen LogP contribution in [-0.2, 0) is 19.1 Å². The molecule has 0 aromatic heterocycles. The van der Waals surface area contributed by atoms with Gasteiger partial charge in [-0.05, 0) is 33.6 Å². The van der Waals surface area contributed by atoms with Crippen molar-refractivity contribution in [3.63, 3.8) is 0 Å². The quantitative estimate of drug-likeness (QED) is 0.785. The van der Waals surface area contributed by atoms with Gasteiger partial charge in [0.2, 0.25) is 5.91 Å². The average molecular weight is 300 g/mol. The van der Waals surface area contributed by atoms with Crippen LogP contribution in [0.2, 0.25) is 0 Å². The summed E-state index contributed by atoms with van der Waals surface area (Å²) in [5.74, 6) is -0.556. The number of carbonyl (C=O) groups is 3. The Morgan fingerprint density at radius 1 is 1.29 bits per heavy atom. The van der Waals surface area contributed by atoms with E-state index in [1.807, 2.05) is 0 Å². The predicted octanol–water partition coefficient (Wildman–Crippen LogP) is 1.07. The number of ether oxygens (including phenoxy) is 2. The molecule has 1 heterocycles. The number of esters is 1. The van der Waals surface area contributed by atoms with Crippen LogP contribution in [0.1, 0.15) is 40.0 Å². The molecule has 1 saturated heterocycles. The highest BCUT2D eigenvalue weighted by atomic mass is 16.6. The minimum atomic E-state index is -0.570. The van der Waals surface area contributed by atoms with Crippen LogP contribution in [0.15, 0.2) is 0 Å². The van der Waals surface area contributed by atoms with Crippen molar-refractivity contribution in [2.75, 3.05) is 20.2 Å². The molecule has 120 valence electrons. The van der Waals surface area contributed by atoms with E-state index in [0.29, 0.717) is 13.0 Å². The molecule has 7 nitrogen and oxygen atoms in total. The monoisotopic (exact) mass is 300 g/mol. The minimum Gasteiger partial charge on any atom is -0.467 e. The van der Waals surface area contributed by atoms with Gasteiger partial charge in [-0.15, -0.1) is 0 Å². The van der Waals surface area contributed by atoms with Crippen LogP contribution in [-0.4, -0.2) is 54.7 Å². The van der Waals surface area contributed by atoms with Crippen molar-refractivity contribution in [2.45, 2.75) is 51.7 Å². The highest BCUT2D eigenvalue weighted by Gasteiger charge is 2.34. The standard InChI is InChI=1S/C14H24N2O5/c1-14(2,3)21-13(19)15-8-7-11(17)16-9-5-6-10(16)12(18)20-4/h10H,5-9H2,1-4H3,(H,15,19)/t10-/m0/s1. The molecule has 0 aromatic carbocycles. The Hall–Kier alpha value is -1.79. The number of hydrogen-bond acceptors (Lipinski definition) is 5. The van der Waals surface area contributed by atoms with Gasteiger partial charge >= 0.3 is 12.1 Å². The first-order valence-corrected chi connectivity index (χ1v) is 7.09. The maximum absolute atomic E-state index is 12.1. The Balaban J connectivity index is 2.37. The third-order valence-electron chi connectivity index (χ3n) is 3.05. The Bertz CT molecular complexity index is 403. The van der Waals surface area contributed by atoms with Crippen molar-refractivity contribution < 1.29 is 23.9 Å². The summed E-state index contributed by atoms with van der Waals surface area (Å²) in [6, 6.07) is -0.496. The van der Waals surface area contributed by atoms with Crippen molar-refractivity contribution in [1.29, 1.82) is 0 Å². The molecule has 0 unspecified atom stereocenters. The van der Waals surface area contributed by atoms with Gasteiger partial charge in [0.1, 0.15) is 11.6 Å². The Morgan fingerprint density at radius 2 is 1.95 bits per heavy atom. The highest BCUT2D eigenvalue weighted by molar-refractivity contribution is 5.85. The zero-order chi connectivity index (χ0) is 16.0. The van der Waals surface area contributed by atoms with Crippen LogP contribution in [0.5, 0.6) is 0 Å². The maximum atomic E-state index is 12.1. The lowest BCUT2D eigenvalue weighted by atomic mass is 10.2. The number of alkyl carbamates (subject to hydrolysis) is 1. The van der Waals surface area contributed by atoms with Crippen molar-refractivity contribution in [3.8, 4) is 0 Å². The van der Waals surface area contributed by atoms with Crippen LogP contribution in [0.25, 0.3) is 0 Å². The molecule has 1 atom stereocenters. The van der Waals surface area contributed by atoms with E-state index in [0.717, 1.165) is 6.42 Å². The number of rotatable bonds is 4. The van der Waals surface area contributed by atoms with Gasteiger partial charge in [-0.3, -0.25) is 4.79 Å². The fourth-order valence-electron chi connectivity index (χ4n) is 2.18. The molecule has 0 aliphatic carbocycles. The number of methoxy groups -OCH3 is 1. The Morgan fingerprint density at radius 3 is 2.52 bits per heavy atom. The van der Waals surface area contributed by atoms with Gasteiger partial charge in [-0.1, -0.05) is 0 Å². The second kappa shape index (κ2) is 7.28. The van der Waals surface area contributed by atoms with Gasteiger partial charge in [0, 0.05) is 19.5 Å². The summed E-state index contributed by atoms with van der Waals surface area (Å²) in [7, 11) is 1.31. The largest absolute Gasteiger partial charge is 0.467 e. The molecule has 1 rings (SSSR count). The smallest absolute Gasteiger partial charge is 0.407 e. The SMILES string of the molecule is COC(=O)[C@@H]1CCCN1C(=O)CCNC(=O)OC(C)(C)C. The first-order valence-electron chi connectivity index (χ1n) is 7.09. The van der Waals surface area contributed by atoms with Crippen LogP contribution in [0, 0.1) is 0 Å². The summed E-state index contributed by atoms with van der Waals surface area (Å²) in [4.78, 5) is 36.6. The van der Waals surface area contributed by atoms with E-state index >= 15 is 0 Å². The van der Waals surface area contributed by atoms with Crippen LogP contribution < -0.4 is 5.32 Å². The molecule has 0 spiro atoms. The molecule has 0 aromatic rings. The van der Waals surface area contributed by atoms with E-state index in [1.165, 1.54) is 12.0 Å². The molecule has 7 heteroatoms. The molecule has 0 bridgehead atoms. The van der Waals surface area contributed by atoms with Gasteiger partial charge in [0.15, 0.2) is 0 Å². The van der Waals surface area contributed by atoms with Gasteiger partial charge < -0.3 is 19.7 Å². The van der Waals surface area contributed by atoms with E-state index in [-0.39, 0.29) is 24.8 Å². The van der Waals surface area contributed by atoms with Crippen molar-refractivity contribution in [1.82, 2.24) is 10.2 Å². The first kappa shape index (κ1) is 17.3. The number of nitrogens with one attached hydrogen (secondary N) is 1. The lowest BCUT2D eigenvalue weighted by Crippen LogP contribution is -2.42. The third kappa shape index (κ3) is 5.61. The van der Waals surface area contributed by atoms with E-state index < -0.39 is 17.7 Å². The van der Waals surface area contributed by atoms with E-state index in [1.54, 1.807) is 20.8 Å². The third-order valence-corrected chi connectivity index (χ3v) is 3.05. The predicted molar refractivity (Wildman–Crippen MR) is 75.6 cm³/mol. The lowest BCUT2D eigenvalue weighted by Gasteiger charge is -2.23. The number of likely N-dealkylation sites (tertiary alicyclic amines) is 1. The Labute approximate surface area is 124 Å². The topological polar surface area (TPSA) is 84.9 Å². The van der Waals surface area contributed by atoms with Crippen molar-refractivity contribution in [3.05, 3.63) is 0 Å².